The van der Waals surface area contributed by atoms with Crippen molar-refractivity contribution < 1.29 is 9.84 Å². The highest BCUT2D eigenvalue weighted by atomic mass is 16.5. The molecule has 0 aliphatic heterocycles. The number of nitrogens with zero attached hydrogens (tertiary/aromatic N) is 3. The molecule has 0 spiro atoms. The maximum absolute atomic E-state index is 10.3. The van der Waals surface area contributed by atoms with E-state index in [1.807, 2.05) is 72.9 Å². The number of para-hydroxylation sites is 2. The molecule has 0 saturated heterocycles. The molecule has 3 aromatic carbocycles. The molecule has 0 radical (unpaired) electrons. The Morgan fingerprint density at radius 3 is 2.41 bits per heavy atom. The van der Waals surface area contributed by atoms with Gasteiger partial charge in [-0.25, -0.2) is 4.98 Å². The molecule has 0 amide bonds. The van der Waals surface area contributed by atoms with E-state index in [2.05, 4.69) is 49.6 Å². The number of phenols is 1. The summed E-state index contributed by atoms with van der Waals surface area (Å²) in [5.74, 6) is 2.13. The van der Waals surface area contributed by atoms with Gasteiger partial charge in [0.2, 0.25) is 5.88 Å². The molecule has 0 saturated carbocycles. The average molecular weight is 486 g/mol. The molecule has 0 aliphatic rings. The fraction of sp³-hybridized carbons (Fsp3) is 0.125. The summed E-state index contributed by atoms with van der Waals surface area (Å²) in [5, 5.41) is 12.5. The molecule has 1 N–H and O–H groups in total. The van der Waals surface area contributed by atoms with Crippen LogP contribution in [0.4, 0.5) is 0 Å². The summed E-state index contributed by atoms with van der Waals surface area (Å²) in [4.78, 5) is 9.67. The molecule has 37 heavy (non-hydrogen) atoms. The Morgan fingerprint density at radius 1 is 0.784 bits per heavy atom. The molecule has 0 unspecified atom stereocenters. The minimum Gasteiger partial charge on any atom is -0.507 e. The van der Waals surface area contributed by atoms with Gasteiger partial charge in [0, 0.05) is 28.6 Å². The van der Waals surface area contributed by atoms with E-state index >= 15 is 0 Å². The van der Waals surface area contributed by atoms with Crippen molar-refractivity contribution in [3.63, 3.8) is 0 Å². The van der Waals surface area contributed by atoms with Gasteiger partial charge in [0.05, 0.1) is 5.52 Å². The summed E-state index contributed by atoms with van der Waals surface area (Å²) >= 11 is 0. The van der Waals surface area contributed by atoms with Crippen LogP contribution in [0.15, 0.2) is 103 Å². The SMILES string of the molecule is CC(C)(C)c1cc(Oc2cccc(-c3ccccc3O)c2)nc(-n2c3ccccc3c3cccnc32)c1. The smallest absolute Gasteiger partial charge is 0.221 e. The monoisotopic (exact) mass is 485 g/mol. The molecular formula is C32H27N3O2. The lowest BCUT2D eigenvalue weighted by Gasteiger charge is -2.21. The topological polar surface area (TPSA) is 60.2 Å². The van der Waals surface area contributed by atoms with E-state index in [1.54, 1.807) is 6.07 Å². The number of pyridine rings is 2. The van der Waals surface area contributed by atoms with Crippen LogP contribution in [0.1, 0.15) is 26.3 Å². The van der Waals surface area contributed by atoms with E-state index in [-0.39, 0.29) is 11.2 Å². The number of benzene rings is 3. The Hall–Kier alpha value is -4.64. The molecule has 6 aromatic rings. The first kappa shape index (κ1) is 22.8. The van der Waals surface area contributed by atoms with Crippen LogP contribution < -0.4 is 4.74 Å². The van der Waals surface area contributed by atoms with Gasteiger partial charge in [0.1, 0.15) is 23.0 Å². The van der Waals surface area contributed by atoms with Crippen molar-refractivity contribution in [2.75, 3.05) is 0 Å². The highest BCUT2D eigenvalue weighted by molar-refractivity contribution is 6.07. The molecule has 3 heterocycles. The van der Waals surface area contributed by atoms with Crippen molar-refractivity contribution in [3.8, 4) is 34.3 Å². The molecule has 0 aliphatic carbocycles. The third-order valence-corrected chi connectivity index (χ3v) is 6.59. The second-order valence-corrected chi connectivity index (χ2v) is 10.2. The molecule has 0 atom stereocenters. The van der Waals surface area contributed by atoms with Crippen LogP contribution >= 0.6 is 0 Å². The van der Waals surface area contributed by atoms with Gasteiger partial charge in [0.15, 0.2) is 0 Å². The van der Waals surface area contributed by atoms with Gasteiger partial charge >= 0.3 is 0 Å². The summed E-state index contributed by atoms with van der Waals surface area (Å²) < 4.78 is 8.45. The van der Waals surface area contributed by atoms with Gasteiger partial charge in [-0.05, 0) is 59.0 Å². The first-order valence-corrected chi connectivity index (χ1v) is 12.3. The minimum atomic E-state index is -0.125. The quantitative estimate of drug-likeness (QED) is 0.274. The van der Waals surface area contributed by atoms with Gasteiger partial charge < -0.3 is 9.84 Å². The molecule has 6 rings (SSSR count). The molecule has 0 bridgehead atoms. The number of hydrogen-bond donors (Lipinski definition) is 1. The first-order valence-electron chi connectivity index (χ1n) is 12.3. The normalized spacial score (nSPS) is 11.8. The molecule has 0 fully saturated rings. The van der Waals surface area contributed by atoms with Crippen molar-refractivity contribution in [2.24, 2.45) is 0 Å². The van der Waals surface area contributed by atoms with Crippen LogP contribution in [0.5, 0.6) is 17.4 Å². The number of aromatic hydroxyl groups is 1. The number of ether oxygens (including phenoxy) is 1. The summed E-state index contributed by atoms with van der Waals surface area (Å²) in [6.07, 6.45) is 1.81. The van der Waals surface area contributed by atoms with Crippen LogP contribution in [0.2, 0.25) is 0 Å². The first-order chi connectivity index (χ1) is 17.9. The van der Waals surface area contributed by atoms with E-state index in [9.17, 15) is 5.11 Å². The van der Waals surface area contributed by atoms with Crippen LogP contribution in [0, 0.1) is 0 Å². The van der Waals surface area contributed by atoms with Gasteiger partial charge in [-0.15, -0.1) is 0 Å². The third kappa shape index (κ3) is 4.19. The number of fused-ring (bicyclic) bond motifs is 3. The Bertz CT molecular complexity index is 1710. The van der Waals surface area contributed by atoms with Crippen molar-refractivity contribution in [1.29, 1.82) is 0 Å². The molecular weight excluding hydrogens is 458 g/mol. The van der Waals surface area contributed by atoms with Crippen molar-refractivity contribution in [1.82, 2.24) is 14.5 Å². The predicted molar refractivity (Wildman–Crippen MR) is 149 cm³/mol. The minimum absolute atomic E-state index is 0.125. The molecule has 5 heteroatoms. The Labute approximate surface area is 215 Å². The standard InChI is InChI=1S/C32H27N3O2/c1-32(2,3)22-19-29(35-27-15-6-4-13-25(27)26-14-9-17-33-31(26)35)34-30(20-22)37-23-11-8-10-21(18-23)24-12-5-7-16-28(24)36/h4-20,36H,1-3H3. The van der Waals surface area contributed by atoms with E-state index in [0.717, 1.165) is 44.4 Å². The van der Waals surface area contributed by atoms with Crippen molar-refractivity contribution in [2.45, 2.75) is 26.2 Å². The molecule has 182 valence electrons. The fourth-order valence-corrected chi connectivity index (χ4v) is 4.68. The second kappa shape index (κ2) is 8.79. The maximum atomic E-state index is 10.3. The number of rotatable bonds is 4. The average Bonchev–Trinajstić information content (AvgIpc) is 3.23. The summed E-state index contributed by atoms with van der Waals surface area (Å²) in [5.41, 5.74) is 4.50. The second-order valence-electron chi connectivity index (χ2n) is 10.2. The summed E-state index contributed by atoms with van der Waals surface area (Å²) in [7, 11) is 0. The van der Waals surface area contributed by atoms with Gasteiger partial charge in [0.25, 0.3) is 0 Å². The maximum Gasteiger partial charge on any atom is 0.221 e. The van der Waals surface area contributed by atoms with Crippen LogP contribution in [0.25, 0.3) is 38.9 Å². The highest BCUT2D eigenvalue weighted by Gasteiger charge is 2.20. The van der Waals surface area contributed by atoms with Crippen molar-refractivity contribution >= 4 is 21.9 Å². The third-order valence-electron chi connectivity index (χ3n) is 6.59. The Kier molecular flexibility index (Phi) is 5.41. The van der Waals surface area contributed by atoms with Crippen LogP contribution in [-0.4, -0.2) is 19.6 Å². The van der Waals surface area contributed by atoms with E-state index in [1.165, 1.54) is 0 Å². The van der Waals surface area contributed by atoms with Crippen molar-refractivity contribution in [3.05, 3.63) is 109 Å². The number of hydrogen-bond acceptors (Lipinski definition) is 4. The molecule has 5 nitrogen and oxygen atoms in total. The molecule has 3 aromatic heterocycles. The lowest BCUT2D eigenvalue weighted by Crippen LogP contribution is -2.13. The summed E-state index contributed by atoms with van der Waals surface area (Å²) in [6, 6.07) is 31.4. The lowest BCUT2D eigenvalue weighted by molar-refractivity contribution is 0.458. The zero-order valence-corrected chi connectivity index (χ0v) is 21.0. The van der Waals surface area contributed by atoms with Crippen LogP contribution in [-0.2, 0) is 5.41 Å². The van der Waals surface area contributed by atoms with E-state index < -0.39 is 0 Å². The Morgan fingerprint density at radius 2 is 1.57 bits per heavy atom. The van der Waals surface area contributed by atoms with Gasteiger partial charge in [-0.3, -0.25) is 4.57 Å². The van der Waals surface area contributed by atoms with Crippen LogP contribution in [0.3, 0.4) is 0 Å². The number of phenolic OH excluding ortho intramolecular Hbond substituents is 1. The zero-order chi connectivity index (χ0) is 25.6. The highest BCUT2D eigenvalue weighted by Crippen LogP contribution is 2.36. The number of aromatic nitrogens is 3. The van der Waals surface area contributed by atoms with E-state index in [0.29, 0.717) is 11.6 Å². The largest absolute Gasteiger partial charge is 0.507 e. The van der Waals surface area contributed by atoms with E-state index in [4.69, 9.17) is 14.7 Å². The fourth-order valence-electron chi connectivity index (χ4n) is 4.68. The zero-order valence-electron chi connectivity index (χ0n) is 21.0. The predicted octanol–water partition coefficient (Wildman–Crippen LogP) is 8.04. The van der Waals surface area contributed by atoms with Gasteiger partial charge in [-0.2, -0.15) is 4.98 Å². The Balaban J connectivity index is 1.50. The lowest BCUT2D eigenvalue weighted by atomic mass is 9.87. The summed E-state index contributed by atoms with van der Waals surface area (Å²) in [6.45, 7) is 6.54. The van der Waals surface area contributed by atoms with Gasteiger partial charge in [-0.1, -0.05) is 69.3 Å².